The molecule has 0 spiro atoms. The Balaban J connectivity index is 1.90. The summed E-state index contributed by atoms with van der Waals surface area (Å²) in [6.45, 7) is 9.54. The molecule has 1 aromatic carbocycles. The lowest BCUT2D eigenvalue weighted by Crippen LogP contribution is -2.38. The molecule has 7 heteroatoms. The first-order chi connectivity index (χ1) is 12.8. The van der Waals surface area contributed by atoms with Crippen molar-refractivity contribution in [2.45, 2.75) is 47.3 Å². The van der Waals surface area contributed by atoms with Gasteiger partial charge in [0.05, 0.1) is 16.8 Å². The van der Waals surface area contributed by atoms with E-state index in [9.17, 15) is 9.59 Å². The van der Waals surface area contributed by atoms with Crippen LogP contribution in [0.2, 0.25) is 0 Å². The minimum absolute atomic E-state index is 0.0113. The highest BCUT2D eigenvalue weighted by atomic mass is 16.5. The Labute approximate surface area is 159 Å². The molecule has 0 unspecified atom stereocenters. The first-order valence-corrected chi connectivity index (χ1v) is 8.89. The van der Waals surface area contributed by atoms with Crippen molar-refractivity contribution in [3.8, 4) is 5.75 Å². The average Bonchev–Trinajstić information content (AvgIpc) is 2.96. The average molecular weight is 374 g/mol. The monoisotopic (exact) mass is 374 g/mol. The van der Waals surface area contributed by atoms with Crippen LogP contribution in [0.4, 0.5) is 0 Å². The van der Waals surface area contributed by atoms with Gasteiger partial charge in [0, 0.05) is 6.04 Å². The summed E-state index contributed by atoms with van der Waals surface area (Å²) in [4.78, 5) is 24.0. The third kappa shape index (κ3) is 5.84. The molecule has 1 amide bonds. The molecule has 1 heterocycles. The fourth-order valence-corrected chi connectivity index (χ4v) is 2.25. The maximum absolute atomic E-state index is 12.2. The van der Waals surface area contributed by atoms with E-state index >= 15 is 0 Å². The van der Waals surface area contributed by atoms with E-state index in [0.29, 0.717) is 23.0 Å². The standard InChI is InChI=1S/C20H26N2O5/c1-12(2)13(3)21-19(23)11-26-20(24)16-7-6-8-17(9-16)25-10-18-14(4)22-27-15(18)5/h6-9,12-13H,10-11H2,1-5H3,(H,21,23)/t13-/m0/s1. The SMILES string of the molecule is Cc1noc(C)c1COc1cccc(C(=O)OCC(=O)N[C@@H](C)C(C)C)c1. The Morgan fingerprint density at radius 3 is 2.59 bits per heavy atom. The Hall–Kier alpha value is -2.83. The first-order valence-electron chi connectivity index (χ1n) is 8.89. The summed E-state index contributed by atoms with van der Waals surface area (Å²) in [6, 6.07) is 6.64. The van der Waals surface area contributed by atoms with Crippen LogP contribution < -0.4 is 10.1 Å². The van der Waals surface area contributed by atoms with Gasteiger partial charge < -0.3 is 19.3 Å². The van der Waals surface area contributed by atoms with Gasteiger partial charge in [-0.05, 0) is 44.9 Å². The largest absolute Gasteiger partial charge is 0.489 e. The van der Waals surface area contributed by atoms with Crippen molar-refractivity contribution >= 4 is 11.9 Å². The van der Waals surface area contributed by atoms with E-state index in [0.717, 1.165) is 11.3 Å². The van der Waals surface area contributed by atoms with Crippen molar-refractivity contribution in [3.63, 3.8) is 0 Å². The molecule has 0 radical (unpaired) electrons. The normalized spacial score (nSPS) is 11.9. The molecule has 0 bridgehead atoms. The van der Waals surface area contributed by atoms with E-state index in [1.54, 1.807) is 24.3 Å². The van der Waals surface area contributed by atoms with Gasteiger partial charge in [-0.1, -0.05) is 25.1 Å². The molecule has 0 aliphatic heterocycles. The zero-order chi connectivity index (χ0) is 20.0. The number of hydrogen-bond donors (Lipinski definition) is 1. The lowest BCUT2D eigenvalue weighted by atomic mass is 10.1. The van der Waals surface area contributed by atoms with Crippen molar-refractivity contribution in [3.05, 3.63) is 46.8 Å². The van der Waals surface area contributed by atoms with Crippen molar-refractivity contribution in [1.82, 2.24) is 10.5 Å². The van der Waals surface area contributed by atoms with E-state index in [4.69, 9.17) is 14.0 Å². The minimum Gasteiger partial charge on any atom is -0.489 e. The summed E-state index contributed by atoms with van der Waals surface area (Å²) in [5, 5.41) is 6.67. The predicted molar refractivity (Wildman–Crippen MR) is 99.5 cm³/mol. The molecule has 1 atom stereocenters. The van der Waals surface area contributed by atoms with E-state index in [1.165, 1.54) is 0 Å². The van der Waals surface area contributed by atoms with Gasteiger partial charge >= 0.3 is 5.97 Å². The molecule has 0 aliphatic carbocycles. The fraction of sp³-hybridized carbons (Fsp3) is 0.450. The number of ether oxygens (including phenoxy) is 2. The number of esters is 1. The molecule has 0 fully saturated rings. The molecule has 146 valence electrons. The highest BCUT2D eigenvalue weighted by molar-refractivity contribution is 5.91. The minimum atomic E-state index is -0.579. The third-order valence-corrected chi connectivity index (χ3v) is 4.36. The summed E-state index contributed by atoms with van der Waals surface area (Å²) < 4.78 is 15.9. The molecular formula is C20H26N2O5. The van der Waals surface area contributed by atoms with Gasteiger partial charge in [0.2, 0.25) is 0 Å². The van der Waals surface area contributed by atoms with Crippen LogP contribution in [0.5, 0.6) is 5.75 Å². The predicted octanol–water partition coefficient (Wildman–Crippen LogP) is 3.19. The van der Waals surface area contributed by atoms with E-state index in [1.807, 2.05) is 34.6 Å². The molecule has 2 aromatic rings. The van der Waals surface area contributed by atoms with Crippen molar-refractivity contribution in [1.29, 1.82) is 0 Å². The number of benzene rings is 1. The number of nitrogens with zero attached hydrogens (tertiary/aromatic N) is 1. The first kappa shape index (κ1) is 20.5. The molecule has 7 nitrogen and oxygen atoms in total. The van der Waals surface area contributed by atoms with Gasteiger partial charge in [-0.15, -0.1) is 0 Å². The van der Waals surface area contributed by atoms with Gasteiger partial charge in [0.25, 0.3) is 5.91 Å². The lowest BCUT2D eigenvalue weighted by Gasteiger charge is -2.17. The van der Waals surface area contributed by atoms with Crippen LogP contribution in [0.15, 0.2) is 28.8 Å². The van der Waals surface area contributed by atoms with Crippen molar-refractivity contribution in [2.75, 3.05) is 6.61 Å². The molecular weight excluding hydrogens is 348 g/mol. The van der Waals surface area contributed by atoms with Crippen LogP contribution in [0, 0.1) is 19.8 Å². The van der Waals surface area contributed by atoms with Crippen LogP contribution in [-0.2, 0) is 16.1 Å². The van der Waals surface area contributed by atoms with E-state index in [-0.39, 0.29) is 25.2 Å². The quantitative estimate of drug-likeness (QED) is 0.714. The van der Waals surface area contributed by atoms with Gasteiger partial charge in [-0.2, -0.15) is 0 Å². The molecule has 1 N–H and O–H groups in total. The Kier molecular flexibility index (Phi) is 6.98. The van der Waals surface area contributed by atoms with Gasteiger partial charge in [0.15, 0.2) is 6.61 Å². The fourth-order valence-electron chi connectivity index (χ4n) is 2.25. The molecule has 0 saturated heterocycles. The third-order valence-electron chi connectivity index (χ3n) is 4.36. The highest BCUT2D eigenvalue weighted by Gasteiger charge is 2.15. The second-order valence-electron chi connectivity index (χ2n) is 6.80. The number of nitrogens with one attached hydrogen (secondary N) is 1. The molecule has 27 heavy (non-hydrogen) atoms. The summed E-state index contributed by atoms with van der Waals surface area (Å²) in [5.74, 6) is 0.615. The lowest BCUT2D eigenvalue weighted by molar-refractivity contribution is -0.125. The molecule has 2 rings (SSSR count). The van der Waals surface area contributed by atoms with Crippen LogP contribution in [-0.4, -0.2) is 29.7 Å². The molecule has 0 saturated carbocycles. The Morgan fingerprint density at radius 2 is 1.96 bits per heavy atom. The number of aromatic nitrogens is 1. The van der Waals surface area contributed by atoms with Crippen LogP contribution in [0.25, 0.3) is 0 Å². The Bertz CT molecular complexity index is 778. The van der Waals surface area contributed by atoms with E-state index in [2.05, 4.69) is 10.5 Å². The second-order valence-corrected chi connectivity index (χ2v) is 6.80. The number of rotatable bonds is 8. The van der Waals surface area contributed by atoms with Gasteiger partial charge in [0.1, 0.15) is 18.1 Å². The smallest absolute Gasteiger partial charge is 0.338 e. The van der Waals surface area contributed by atoms with E-state index < -0.39 is 5.97 Å². The van der Waals surface area contributed by atoms with Gasteiger partial charge in [-0.3, -0.25) is 4.79 Å². The number of hydrogen-bond acceptors (Lipinski definition) is 6. The zero-order valence-corrected chi connectivity index (χ0v) is 16.4. The van der Waals surface area contributed by atoms with Crippen molar-refractivity contribution in [2.24, 2.45) is 5.92 Å². The van der Waals surface area contributed by atoms with Crippen molar-refractivity contribution < 1.29 is 23.6 Å². The maximum atomic E-state index is 12.2. The van der Waals surface area contributed by atoms with Crippen LogP contribution >= 0.6 is 0 Å². The van der Waals surface area contributed by atoms with Crippen LogP contribution in [0.1, 0.15) is 48.1 Å². The van der Waals surface area contributed by atoms with Crippen LogP contribution in [0.3, 0.4) is 0 Å². The molecule has 1 aromatic heterocycles. The summed E-state index contributed by atoms with van der Waals surface area (Å²) in [5.41, 5.74) is 1.96. The number of aryl methyl sites for hydroxylation is 2. The summed E-state index contributed by atoms with van der Waals surface area (Å²) >= 11 is 0. The summed E-state index contributed by atoms with van der Waals surface area (Å²) in [7, 11) is 0. The number of amides is 1. The topological polar surface area (TPSA) is 90.7 Å². The number of carbonyl (C=O) groups excluding carboxylic acids is 2. The molecule has 0 aliphatic rings. The van der Waals surface area contributed by atoms with Gasteiger partial charge in [-0.25, -0.2) is 4.79 Å². The maximum Gasteiger partial charge on any atom is 0.338 e. The summed E-state index contributed by atoms with van der Waals surface area (Å²) in [6.07, 6.45) is 0. The number of carbonyl (C=O) groups is 2. The Morgan fingerprint density at radius 1 is 1.22 bits per heavy atom. The zero-order valence-electron chi connectivity index (χ0n) is 16.4. The second kappa shape index (κ2) is 9.21. The highest BCUT2D eigenvalue weighted by Crippen LogP contribution is 2.19.